The SMILES string of the molecule is Nc1cccc(S(=O)(=O)C2CCOC3(CCOCC3)C2)c1. The Morgan fingerprint density at radius 3 is 2.67 bits per heavy atom. The molecular weight excluding hydrogens is 290 g/mol. The van der Waals surface area contributed by atoms with Crippen LogP contribution in [0.3, 0.4) is 0 Å². The fourth-order valence-corrected chi connectivity index (χ4v) is 5.11. The van der Waals surface area contributed by atoms with Crippen molar-refractivity contribution >= 4 is 15.5 Å². The zero-order valence-electron chi connectivity index (χ0n) is 12.0. The second-order valence-electron chi connectivity index (χ2n) is 5.88. The maximum atomic E-state index is 12.8. The lowest BCUT2D eigenvalue weighted by molar-refractivity contribution is -0.132. The van der Waals surface area contributed by atoms with E-state index in [4.69, 9.17) is 15.2 Å². The number of hydrogen-bond donors (Lipinski definition) is 1. The topological polar surface area (TPSA) is 78.6 Å². The van der Waals surface area contributed by atoms with E-state index in [1.165, 1.54) is 0 Å². The first-order valence-electron chi connectivity index (χ1n) is 7.33. The van der Waals surface area contributed by atoms with Crippen molar-refractivity contribution in [2.75, 3.05) is 25.6 Å². The summed E-state index contributed by atoms with van der Waals surface area (Å²) in [6.45, 7) is 1.78. The highest BCUT2D eigenvalue weighted by molar-refractivity contribution is 7.92. The van der Waals surface area contributed by atoms with Crippen LogP contribution in [0.2, 0.25) is 0 Å². The first-order chi connectivity index (χ1) is 10.0. The van der Waals surface area contributed by atoms with Gasteiger partial charge in [0, 0.05) is 25.5 Å². The Bertz CT molecular complexity index is 602. The van der Waals surface area contributed by atoms with Gasteiger partial charge >= 0.3 is 0 Å². The molecule has 2 saturated heterocycles. The van der Waals surface area contributed by atoms with E-state index in [1.54, 1.807) is 24.3 Å². The van der Waals surface area contributed by atoms with Gasteiger partial charge in [0.05, 0.1) is 15.7 Å². The van der Waals surface area contributed by atoms with Crippen LogP contribution in [0, 0.1) is 0 Å². The van der Waals surface area contributed by atoms with Crippen molar-refractivity contribution in [3.8, 4) is 0 Å². The van der Waals surface area contributed by atoms with E-state index in [-0.39, 0.29) is 5.60 Å². The Balaban J connectivity index is 1.85. The predicted molar refractivity (Wildman–Crippen MR) is 79.8 cm³/mol. The average molecular weight is 311 g/mol. The van der Waals surface area contributed by atoms with E-state index < -0.39 is 15.1 Å². The molecule has 0 bridgehead atoms. The molecule has 0 aromatic heterocycles. The molecule has 2 fully saturated rings. The molecule has 1 atom stereocenters. The zero-order valence-corrected chi connectivity index (χ0v) is 12.8. The van der Waals surface area contributed by atoms with Gasteiger partial charge < -0.3 is 15.2 Å². The van der Waals surface area contributed by atoms with Crippen LogP contribution < -0.4 is 5.73 Å². The summed E-state index contributed by atoms with van der Waals surface area (Å²) < 4.78 is 36.9. The van der Waals surface area contributed by atoms with E-state index in [1.807, 2.05) is 0 Å². The maximum absolute atomic E-state index is 12.8. The summed E-state index contributed by atoms with van der Waals surface area (Å²) in [7, 11) is -3.36. The van der Waals surface area contributed by atoms with E-state index in [2.05, 4.69) is 0 Å². The van der Waals surface area contributed by atoms with Gasteiger partial charge in [-0.1, -0.05) is 6.07 Å². The van der Waals surface area contributed by atoms with Crippen molar-refractivity contribution < 1.29 is 17.9 Å². The van der Waals surface area contributed by atoms with Gasteiger partial charge in [0.25, 0.3) is 0 Å². The van der Waals surface area contributed by atoms with Crippen LogP contribution in [0.25, 0.3) is 0 Å². The molecule has 5 nitrogen and oxygen atoms in total. The fourth-order valence-electron chi connectivity index (χ4n) is 3.22. The van der Waals surface area contributed by atoms with Crippen LogP contribution in [0.4, 0.5) is 5.69 Å². The van der Waals surface area contributed by atoms with Gasteiger partial charge in [0.2, 0.25) is 0 Å². The van der Waals surface area contributed by atoms with Crippen molar-refractivity contribution in [3.63, 3.8) is 0 Å². The van der Waals surface area contributed by atoms with Gasteiger partial charge in [-0.3, -0.25) is 0 Å². The molecule has 116 valence electrons. The van der Waals surface area contributed by atoms with Gasteiger partial charge in [-0.25, -0.2) is 8.42 Å². The monoisotopic (exact) mass is 311 g/mol. The smallest absolute Gasteiger partial charge is 0.181 e. The Hall–Kier alpha value is -1.11. The predicted octanol–water partition coefficient (Wildman–Crippen LogP) is 1.77. The van der Waals surface area contributed by atoms with Gasteiger partial charge in [-0.2, -0.15) is 0 Å². The highest BCUT2D eigenvalue weighted by atomic mass is 32.2. The van der Waals surface area contributed by atoms with E-state index in [9.17, 15) is 8.42 Å². The molecule has 6 heteroatoms. The van der Waals surface area contributed by atoms with Gasteiger partial charge in [-0.05, 0) is 43.9 Å². The number of nitrogen functional groups attached to an aromatic ring is 1. The Morgan fingerprint density at radius 1 is 1.19 bits per heavy atom. The lowest BCUT2D eigenvalue weighted by atomic mass is 9.86. The molecular formula is C15H21NO4S. The lowest BCUT2D eigenvalue weighted by Gasteiger charge is -2.43. The van der Waals surface area contributed by atoms with Crippen molar-refractivity contribution in [3.05, 3.63) is 24.3 Å². The molecule has 21 heavy (non-hydrogen) atoms. The summed E-state index contributed by atoms with van der Waals surface area (Å²) in [6, 6.07) is 6.55. The summed E-state index contributed by atoms with van der Waals surface area (Å²) in [6.07, 6.45) is 2.64. The molecule has 0 aliphatic carbocycles. The van der Waals surface area contributed by atoms with Crippen molar-refractivity contribution in [1.82, 2.24) is 0 Å². The lowest BCUT2D eigenvalue weighted by Crippen LogP contribution is -2.47. The molecule has 1 unspecified atom stereocenters. The van der Waals surface area contributed by atoms with Crippen LogP contribution in [-0.2, 0) is 19.3 Å². The number of hydrogen-bond acceptors (Lipinski definition) is 5. The Labute approximate surface area is 125 Å². The molecule has 0 radical (unpaired) electrons. The van der Waals surface area contributed by atoms with E-state index in [0.717, 1.165) is 12.8 Å². The summed E-state index contributed by atoms with van der Waals surface area (Å²) in [5.41, 5.74) is 5.87. The standard InChI is InChI=1S/C15H21NO4S/c16-12-2-1-3-13(10-12)21(17,18)14-4-7-20-15(11-14)5-8-19-9-6-15/h1-3,10,14H,4-9,11,16H2. The zero-order chi connectivity index (χ0) is 14.9. The maximum Gasteiger partial charge on any atom is 0.181 e. The number of rotatable bonds is 2. The number of nitrogens with two attached hydrogens (primary N) is 1. The summed E-state index contributed by atoms with van der Waals surface area (Å²) in [5, 5.41) is -0.397. The summed E-state index contributed by atoms with van der Waals surface area (Å²) in [4.78, 5) is 0.316. The second kappa shape index (κ2) is 5.59. The van der Waals surface area contributed by atoms with Gasteiger partial charge in [-0.15, -0.1) is 0 Å². The van der Waals surface area contributed by atoms with Gasteiger partial charge in [0.15, 0.2) is 9.84 Å². The first kappa shape index (κ1) is 14.8. The number of anilines is 1. The van der Waals surface area contributed by atoms with E-state index in [0.29, 0.717) is 43.2 Å². The third-order valence-electron chi connectivity index (χ3n) is 4.48. The minimum atomic E-state index is -3.36. The number of ether oxygens (including phenoxy) is 2. The normalized spacial score (nSPS) is 25.8. The molecule has 2 aliphatic rings. The third kappa shape index (κ3) is 2.93. The molecule has 1 spiro atoms. The summed E-state index contributed by atoms with van der Waals surface area (Å²) in [5.74, 6) is 0. The fraction of sp³-hybridized carbons (Fsp3) is 0.600. The van der Waals surface area contributed by atoms with Crippen LogP contribution in [0.1, 0.15) is 25.7 Å². The molecule has 3 rings (SSSR count). The number of benzene rings is 1. The van der Waals surface area contributed by atoms with Crippen LogP contribution in [-0.4, -0.2) is 39.1 Å². The molecule has 0 saturated carbocycles. The molecule has 0 amide bonds. The number of sulfone groups is 1. The van der Waals surface area contributed by atoms with Crippen molar-refractivity contribution in [1.29, 1.82) is 0 Å². The van der Waals surface area contributed by atoms with Crippen LogP contribution in [0.5, 0.6) is 0 Å². The average Bonchev–Trinajstić information content (AvgIpc) is 2.48. The molecule has 2 N–H and O–H groups in total. The Kier molecular flexibility index (Phi) is 3.94. The molecule has 1 aromatic carbocycles. The highest BCUT2D eigenvalue weighted by Crippen LogP contribution is 2.38. The van der Waals surface area contributed by atoms with Crippen LogP contribution in [0.15, 0.2) is 29.2 Å². The summed E-state index contributed by atoms with van der Waals surface area (Å²) >= 11 is 0. The first-order valence-corrected chi connectivity index (χ1v) is 8.88. The minimum Gasteiger partial charge on any atom is -0.399 e. The molecule has 2 heterocycles. The Morgan fingerprint density at radius 2 is 1.95 bits per heavy atom. The highest BCUT2D eigenvalue weighted by Gasteiger charge is 2.43. The second-order valence-corrected chi connectivity index (χ2v) is 8.10. The van der Waals surface area contributed by atoms with Crippen molar-refractivity contribution in [2.45, 2.75) is 41.4 Å². The third-order valence-corrected chi connectivity index (χ3v) is 6.67. The van der Waals surface area contributed by atoms with Gasteiger partial charge in [0.1, 0.15) is 0 Å². The molecule has 2 aliphatic heterocycles. The van der Waals surface area contributed by atoms with Crippen LogP contribution >= 0.6 is 0 Å². The minimum absolute atomic E-state index is 0.316. The van der Waals surface area contributed by atoms with Crippen molar-refractivity contribution in [2.24, 2.45) is 0 Å². The molecule has 1 aromatic rings. The van der Waals surface area contributed by atoms with E-state index >= 15 is 0 Å². The quantitative estimate of drug-likeness (QED) is 0.842. The largest absolute Gasteiger partial charge is 0.399 e.